The lowest BCUT2D eigenvalue weighted by Crippen LogP contribution is -2.46. The minimum absolute atomic E-state index is 0.0848. The Morgan fingerprint density at radius 1 is 0.868 bits per heavy atom. The molecular weight excluding hydrogens is 502 g/mol. The number of nitrogens with zero attached hydrogens (tertiary/aromatic N) is 2. The first-order valence-corrected chi connectivity index (χ1v) is 11.8. The van der Waals surface area contributed by atoms with Gasteiger partial charge in [-0.2, -0.15) is 13.2 Å². The fraction of sp³-hybridized carbons (Fsp3) is 0.179. The Hall–Kier alpha value is -4.47. The Labute approximate surface area is 214 Å². The maximum Gasteiger partial charge on any atom is 0.416 e. The Balaban J connectivity index is 1.41. The van der Waals surface area contributed by atoms with E-state index in [0.717, 1.165) is 40.3 Å². The summed E-state index contributed by atoms with van der Waals surface area (Å²) in [7, 11) is 0. The number of imide groups is 1. The van der Waals surface area contributed by atoms with Crippen molar-refractivity contribution < 1.29 is 31.9 Å². The highest BCUT2D eigenvalue weighted by Crippen LogP contribution is 2.53. The van der Waals surface area contributed by atoms with Crippen molar-refractivity contribution in [2.75, 3.05) is 10.2 Å². The van der Waals surface area contributed by atoms with Crippen LogP contribution >= 0.6 is 0 Å². The van der Waals surface area contributed by atoms with Crippen LogP contribution in [0.1, 0.15) is 22.7 Å². The van der Waals surface area contributed by atoms with Crippen molar-refractivity contribution in [3.05, 3.63) is 102 Å². The quantitative estimate of drug-likeness (QED) is 0.389. The molecule has 3 aromatic rings. The number of hydrogen-bond donors (Lipinski definition) is 1. The van der Waals surface area contributed by atoms with E-state index in [-0.39, 0.29) is 11.4 Å². The SMILES string of the molecule is O=C(Nc1cccc(C(F)(F)F)c1)[C@@H]1[C@@H]2C(=O)N(c3ccc(F)cc3)C(=O)[C@@H]2C2c3ccccc3C=CN21. The van der Waals surface area contributed by atoms with Crippen molar-refractivity contribution in [3.8, 4) is 0 Å². The van der Waals surface area contributed by atoms with Gasteiger partial charge in [0.2, 0.25) is 17.7 Å². The monoisotopic (exact) mass is 521 g/mol. The average Bonchev–Trinajstić information content (AvgIpc) is 3.37. The molecule has 0 bridgehead atoms. The fourth-order valence-corrected chi connectivity index (χ4v) is 5.69. The van der Waals surface area contributed by atoms with Gasteiger partial charge in [-0.25, -0.2) is 9.29 Å². The molecule has 6 nitrogen and oxygen atoms in total. The number of fused-ring (bicyclic) bond motifs is 5. The van der Waals surface area contributed by atoms with E-state index in [9.17, 15) is 31.9 Å². The van der Waals surface area contributed by atoms with Gasteiger partial charge < -0.3 is 10.2 Å². The third-order valence-electron chi connectivity index (χ3n) is 7.27. The van der Waals surface area contributed by atoms with Gasteiger partial charge in [-0.05, 0) is 59.7 Å². The molecule has 10 heteroatoms. The molecule has 3 heterocycles. The minimum Gasteiger partial charge on any atom is -0.357 e. The summed E-state index contributed by atoms with van der Waals surface area (Å²) in [5.41, 5.74) is 0.740. The standard InChI is InChI=1S/C28H19F4N3O3/c29-17-8-10-19(11-9-17)35-26(37)21-22(27(35)38)24(34-13-12-15-4-1-2-7-20(15)23(21)34)25(36)33-18-6-3-5-16(14-18)28(30,31)32/h1-14,21-24H,(H,33,36)/t21-,22+,23?,24-/m0/s1. The van der Waals surface area contributed by atoms with Crippen LogP contribution < -0.4 is 10.2 Å². The molecule has 3 aromatic carbocycles. The van der Waals surface area contributed by atoms with Crippen molar-refractivity contribution >= 4 is 35.2 Å². The summed E-state index contributed by atoms with van der Waals surface area (Å²) in [4.78, 5) is 43.7. The summed E-state index contributed by atoms with van der Waals surface area (Å²) >= 11 is 0. The van der Waals surface area contributed by atoms with Crippen LogP contribution in [0.3, 0.4) is 0 Å². The fourth-order valence-electron chi connectivity index (χ4n) is 5.69. The summed E-state index contributed by atoms with van der Waals surface area (Å²) in [6.45, 7) is 0. The highest BCUT2D eigenvalue weighted by Gasteiger charge is 2.64. The molecule has 6 rings (SSSR count). The molecule has 1 N–H and O–H groups in total. The van der Waals surface area contributed by atoms with Gasteiger partial charge in [0, 0.05) is 11.9 Å². The molecule has 3 aliphatic rings. The largest absolute Gasteiger partial charge is 0.416 e. The van der Waals surface area contributed by atoms with Gasteiger partial charge in [0.25, 0.3) is 0 Å². The van der Waals surface area contributed by atoms with E-state index in [4.69, 9.17) is 0 Å². The first kappa shape index (κ1) is 23.9. The maximum absolute atomic E-state index is 13.7. The number of halogens is 4. The number of carbonyl (C=O) groups is 3. The van der Waals surface area contributed by atoms with E-state index in [1.807, 2.05) is 18.2 Å². The van der Waals surface area contributed by atoms with E-state index in [1.54, 1.807) is 23.2 Å². The first-order valence-electron chi connectivity index (χ1n) is 11.8. The van der Waals surface area contributed by atoms with Gasteiger partial charge in [-0.1, -0.05) is 30.3 Å². The number of carbonyl (C=O) groups excluding carboxylic acids is 3. The van der Waals surface area contributed by atoms with Crippen LogP contribution in [0.2, 0.25) is 0 Å². The molecule has 2 fully saturated rings. The number of rotatable bonds is 3. The normalized spacial score (nSPS) is 23.8. The molecule has 0 saturated carbocycles. The van der Waals surface area contributed by atoms with Gasteiger partial charge in [-0.15, -0.1) is 0 Å². The summed E-state index contributed by atoms with van der Waals surface area (Å²) in [6, 6.07) is 14.6. The zero-order valence-corrected chi connectivity index (χ0v) is 19.5. The van der Waals surface area contributed by atoms with E-state index in [0.29, 0.717) is 0 Å². The Kier molecular flexibility index (Phi) is 5.37. The molecule has 192 valence electrons. The van der Waals surface area contributed by atoms with Crippen LogP contribution in [0.5, 0.6) is 0 Å². The molecule has 0 radical (unpaired) electrons. The third kappa shape index (κ3) is 3.67. The summed E-state index contributed by atoms with van der Waals surface area (Å²) < 4.78 is 53.2. The second-order valence-electron chi connectivity index (χ2n) is 9.39. The Morgan fingerprint density at radius 2 is 1.58 bits per heavy atom. The molecule has 2 saturated heterocycles. The number of anilines is 2. The van der Waals surface area contributed by atoms with Gasteiger partial charge in [0.05, 0.1) is 29.1 Å². The molecule has 0 aromatic heterocycles. The molecule has 0 spiro atoms. The van der Waals surface area contributed by atoms with E-state index >= 15 is 0 Å². The van der Waals surface area contributed by atoms with E-state index in [1.165, 1.54) is 24.3 Å². The second kappa shape index (κ2) is 8.54. The van der Waals surface area contributed by atoms with Crippen molar-refractivity contribution in [2.24, 2.45) is 11.8 Å². The highest BCUT2D eigenvalue weighted by atomic mass is 19.4. The lowest BCUT2D eigenvalue weighted by molar-refractivity contribution is -0.137. The molecule has 0 aliphatic carbocycles. The van der Waals surface area contributed by atoms with E-state index in [2.05, 4.69) is 5.32 Å². The molecule has 38 heavy (non-hydrogen) atoms. The lowest BCUT2D eigenvalue weighted by Gasteiger charge is -2.35. The summed E-state index contributed by atoms with van der Waals surface area (Å²) in [5, 5.41) is 2.52. The summed E-state index contributed by atoms with van der Waals surface area (Å²) in [6.07, 6.45) is -1.19. The zero-order chi connectivity index (χ0) is 26.8. The van der Waals surface area contributed by atoms with Crippen molar-refractivity contribution in [2.45, 2.75) is 18.3 Å². The number of nitrogens with one attached hydrogen (secondary N) is 1. The third-order valence-corrected chi connectivity index (χ3v) is 7.27. The summed E-state index contributed by atoms with van der Waals surface area (Å²) in [5.74, 6) is -4.45. The predicted molar refractivity (Wildman–Crippen MR) is 130 cm³/mol. The van der Waals surface area contributed by atoms with Crippen molar-refractivity contribution in [3.63, 3.8) is 0 Å². The van der Waals surface area contributed by atoms with Crippen LogP contribution in [0.15, 0.2) is 79.0 Å². The number of alkyl halides is 3. The van der Waals surface area contributed by atoms with Crippen LogP contribution in [0.4, 0.5) is 28.9 Å². The van der Waals surface area contributed by atoms with Crippen LogP contribution in [-0.2, 0) is 20.6 Å². The van der Waals surface area contributed by atoms with Gasteiger partial charge in [-0.3, -0.25) is 14.4 Å². The zero-order valence-electron chi connectivity index (χ0n) is 19.5. The van der Waals surface area contributed by atoms with Crippen LogP contribution in [0.25, 0.3) is 6.08 Å². The second-order valence-corrected chi connectivity index (χ2v) is 9.39. The van der Waals surface area contributed by atoms with E-state index < -0.39 is 59.2 Å². The number of hydrogen-bond acceptors (Lipinski definition) is 4. The van der Waals surface area contributed by atoms with Crippen LogP contribution in [-0.4, -0.2) is 28.7 Å². The topological polar surface area (TPSA) is 69.7 Å². The number of benzene rings is 3. The minimum atomic E-state index is -4.60. The van der Waals surface area contributed by atoms with Crippen molar-refractivity contribution in [1.29, 1.82) is 0 Å². The first-order chi connectivity index (χ1) is 18.1. The number of amides is 3. The molecule has 1 unspecified atom stereocenters. The molecule has 3 aliphatic heterocycles. The maximum atomic E-state index is 13.7. The van der Waals surface area contributed by atoms with Gasteiger partial charge in [0.15, 0.2) is 0 Å². The highest BCUT2D eigenvalue weighted by molar-refractivity contribution is 6.24. The smallest absolute Gasteiger partial charge is 0.357 e. The van der Waals surface area contributed by atoms with Gasteiger partial charge in [0.1, 0.15) is 11.9 Å². The van der Waals surface area contributed by atoms with Gasteiger partial charge >= 0.3 is 6.18 Å². The average molecular weight is 521 g/mol. The Morgan fingerprint density at radius 3 is 2.32 bits per heavy atom. The molecule has 3 amide bonds. The Bertz CT molecular complexity index is 1500. The predicted octanol–water partition coefficient (Wildman–Crippen LogP) is 5.00. The van der Waals surface area contributed by atoms with Crippen molar-refractivity contribution in [1.82, 2.24) is 4.90 Å². The molecular formula is C28H19F4N3O3. The lowest BCUT2D eigenvalue weighted by atomic mass is 9.84. The molecule has 4 atom stereocenters. The van der Waals surface area contributed by atoms with Crippen LogP contribution in [0, 0.1) is 17.7 Å².